The number of carbonyl (C=O) groups excluding carboxylic acids is 2. The van der Waals surface area contributed by atoms with Crippen LogP contribution >= 0.6 is 0 Å². The first-order chi connectivity index (χ1) is 11.5. The molecule has 6 nitrogen and oxygen atoms in total. The van der Waals surface area contributed by atoms with E-state index in [0.29, 0.717) is 26.2 Å². The highest BCUT2D eigenvalue weighted by Crippen LogP contribution is 2.09. The summed E-state index contributed by atoms with van der Waals surface area (Å²) in [6.45, 7) is 1.19. The highest BCUT2D eigenvalue weighted by molar-refractivity contribution is 5.89. The number of nitrogens with one attached hydrogen (secondary N) is 1. The molecule has 8 heteroatoms. The van der Waals surface area contributed by atoms with Crippen LogP contribution in [0, 0.1) is 0 Å². The van der Waals surface area contributed by atoms with Crippen LogP contribution in [0.3, 0.4) is 0 Å². The molecule has 0 aliphatic carbocycles. The molecule has 2 rings (SSSR count). The molecule has 132 valence electrons. The van der Waals surface area contributed by atoms with E-state index < -0.39 is 13.0 Å². The number of rotatable bonds is 5. The van der Waals surface area contributed by atoms with Crippen molar-refractivity contribution < 1.29 is 18.4 Å². The lowest BCUT2D eigenvalue weighted by molar-refractivity contribution is -0.133. The summed E-state index contributed by atoms with van der Waals surface area (Å²) in [6.07, 6.45) is -2.46. The molecule has 0 atom stereocenters. The van der Waals surface area contributed by atoms with Gasteiger partial charge in [-0.05, 0) is 19.2 Å². The van der Waals surface area contributed by atoms with Gasteiger partial charge in [0.2, 0.25) is 5.91 Å². The number of alkyl halides is 2. The maximum Gasteiger partial charge on any atom is 0.321 e. The van der Waals surface area contributed by atoms with Gasteiger partial charge in [-0.25, -0.2) is 13.6 Å². The van der Waals surface area contributed by atoms with Crippen LogP contribution in [0.1, 0.15) is 0 Å². The predicted molar refractivity (Wildman–Crippen MR) is 87.1 cm³/mol. The molecule has 0 spiro atoms. The molecule has 0 saturated carbocycles. The zero-order valence-electron chi connectivity index (χ0n) is 13.6. The molecular formula is C16H22F2N4O2. The van der Waals surface area contributed by atoms with Crippen molar-refractivity contribution >= 4 is 17.6 Å². The van der Waals surface area contributed by atoms with Gasteiger partial charge in [0, 0.05) is 31.9 Å². The lowest BCUT2D eigenvalue weighted by Gasteiger charge is -2.35. The second-order valence-corrected chi connectivity index (χ2v) is 5.75. The average Bonchev–Trinajstić information content (AvgIpc) is 2.55. The Morgan fingerprint density at radius 2 is 1.71 bits per heavy atom. The van der Waals surface area contributed by atoms with E-state index in [1.54, 1.807) is 21.9 Å². The second kappa shape index (κ2) is 8.58. The van der Waals surface area contributed by atoms with Crippen molar-refractivity contribution in [2.45, 2.75) is 6.43 Å². The van der Waals surface area contributed by atoms with Crippen molar-refractivity contribution in [3.63, 3.8) is 0 Å². The third kappa shape index (κ3) is 5.45. The summed E-state index contributed by atoms with van der Waals surface area (Å²) in [5.41, 5.74) is 0.717. The minimum absolute atomic E-state index is 0.0411. The Morgan fingerprint density at radius 3 is 2.29 bits per heavy atom. The van der Waals surface area contributed by atoms with E-state index in [1.165, 1.54) is 11.9 Å². The van der Waals surface area contributed by atoms with Crippen LogP contribution in [0.4, 0.5) is 19.3 Å². The molecule has 1 N–H and O–H groups in total. The van der Waals surface area contributed by atoms with E-state index in [1.807, 2.05) is 18.2 Å². The molecule has 0 bridgehead atoms. The molecule has 1 aliphatic rings. The summed E-state index contributed by atoms with van der Waals surface area (Å²) >= 11 is 0. The lowest BCUT2D eigenvalue weighted by atomic mass is 10.3. The minimum atomic E-state index is -2.46. The Kier molecular flexibility index (Phi) is 6.48. The van der Waals surface area contributed by atoms with Gasteiger partial charge in [0.05, 0.1) is 13.1 Å². The number of hydrogen-bond acceptors (Lipinski definition) is 3. The van der Waals surface area contributed by atoms with E-state index in [9.17, 15) is 18.4 Å². The Hall–Kier alpha value is -2.22. The molecule has 1 heterocycles. The summed E-state index contributed by atoms with van der Waals surface area (Å²) < 4.78 is 24.6. The Morgan fingerprint density at radius 1 is 1.12 bits per heavy atom. The average molecular weight is 340 g/mol. The topological polar surface area (TPSA) is 55.9 Å². The van der Waals surface area contributed by atoms with Crippen molar-refractivity contribution in [3.05, 3.63) is 30.3 Å². The fraction of sp³-hybridized carbons (Fsp3) is 0.500. The summed E-state index contributed by atoms with van der Waals surface area (Å²) in [7, 11) is 1.49. The molecule has 1 aliphatic heterocycles. The van der Waals surface area contributed by atoms with Gasteiger partial charge < -0.3 is 15.1 Å². The monoisotopic (exact) mass is 340 g/mol. The maximum atomic E-state index is 12.3. The van der Waals surface area contributed by atoms with Gasteiger partial charge in [0.25, 0.3) is 6.43 Å². The van der Waals surface area contributed by atoms with Crippen LogP contribution in [0.25, 0.3) is 0 Å². The van der Waals surface area contributed by atoms with Crippen LogP contribution in [-0.4, -0.2) is 79.4 Å². The normalized spacial score (nSPS) is 15.0. The molecular weight excluding hydrogens is 318 g/mol. The zero-order chi connectivity index (χ0) is 17.5. The third-order valence-electron chi connectivity index (χ3n) is 3.80. The number of para-hydroxylation sites is 1. The van der Waals surface area contributed by atoms with Crippen molar-refractivity contribution in [1.82, 2.24) is 14.7 Å². The number of hydrogen-bond donors (Lipinski definition) is 1. The summed E-state index contributed by atoms with van der Waals surface area (Å²) in [6, 6.07) is 8.94. The van der Waals surface area contributed by atoms with Crippen molar-refractivity contribution in [1.29, 1.82) is 0 Å². The summed E-state index contributed by atoms with van der Waals surface area (Å²) in [5.74, 6) is -0.193. The number of nitrogens with zero attached hydrogens (tertiary/aromatic N) is 3. The van der Waals surface area contributed by atoms with Crippen LogP contribution in [0.15, 0.2) is 30.3 Å². The van der Waals surface area contributed by atoms with Crippen molar-refractivity contribution in [2.24, 2.45) is 0 Å². The highest BCUT2D eigenvalue weighted by Gasteiger charge is 2.25. The number of urea groups is 1. The number of benzene rings is 1. The van der Waals surface area contributed by atoms with Gasteiger partial charge in [-0.2, -0.15) is 0 Å². The first-order valence-electron chi connectivity index (χ1n) is 7.81. The van der Waals surface area contributed by atoms with Gasteiger partial charge in [-0.1, -0.05) is 18.2 Å². The fourth-order valence-corrected chi connectivity index (χ4v) is 2.51. The van der Waals surface area contributed by atoms with Crippen molar-refractivity contribution in [2.75, 3.05) is 51.6 Å². The molecule has 1 fully saturated rings. The summed E-state index contributed by atoms with van der Waals surface area (Å²) in [5, 5.41) is 2.80. The smallest absolute Gasteiger partial charge is 0.321 e. The number of carbonyl (C=O) groups is 2. The number of anilines is 1. The zero-order valence-corrected chi connectivity index (χ0v) is 13.6. The van der Waals surface area contributed by atoms with E-state index in [2.05, 4.69) is 5.32 Å². The van der Waals surface area contributed by atoms with Gasteiger partial charge in [0.1, 0.15) is 0 Å². The molecule has 0 unspecified atom stereocenters. The van der Waals surface area contributed by atoms with E-state index in [-0.39, 0.29) is 18.5 Å². The quantitative estimate of drug-likeness (QED) is 0.885. The lowest BCUT2D eigenvalue weighted by Crippen LogP contribution is -2.53. The highest BCUT2D eigenvalue weighted by atomic mass is 19.3. The van der Waals surface area contributed by atoms with Crippen LogP contribution in [0.5, 0.6) is 0 Å². The largest absolute Gasteiger partial charge is 0.338 e. The number of halogens is 2. The van der Waals surface area contributed by atoms with Gasteiger partial charge in [-0.15, -0.1) is 0 Å². The summed E-state index contributed by atoms with van der Waals surface area (Å²) in [4.78, 5) is 28.8. The van der Waals surface area contributed by atoms with Crippen LogP contribution in [-0.2, 0) is 4.79 Å². The second-order valence-electron chi connectivity index (χ2n) is 5.75. The Balaban J connectivity index is 1.76. The molecule has 0 aromatic heterocycles. The molecule has 3 amide bonds. The first kappa shape index (κ1) is 18.1. The molecule has 1 saturated heterocycles. The molecule has 0 radical (unpaired) electrons. The van der Waals surface area contributed by atoms with Crippen LogP contribution in [0.2, 0.25) is 0 Å². The molecule has 1 aromatic rings. The predicted octanol–water partition coefficient (Wildman–Crippen LogP) is 1.56. The SMILES string of the molecule is CN(CC(=O)N1CCN(C(=O)Nc2ccccc2)CC1)CC(F)F. The van der Waals surface area contributed by atoms with Crippen LogP contribution < -0.4 is 5.32 Å². The molecule has 24 heavy (non-hydrogen) atoms. The van der Waals surface area contributed by atoms with E-state index >= 15 is 0 Å². The fourth-order valence-electron chi connectivity index (χ4n) is 2.51. The number of amides is 3. The van der Waals surface area contributed by atoms with Crippen molar-refractivity contribution in [3.8, 4) is 0 Å². The van der Waals surface area contributed by atoms with E-state index in [4.69, 9.17) is 0 Å². The first-order valence-corrected chi connectivity index (χ1v) is 7.81. The Labute approximate surface area is 140 Å². The van der Waals surface area contributed by atoms with E-state index in [0.717, 1.165) is 5.69 Å². The maximum absolute atomic E-state index is 12.3. The minimum Gasteiger partial charge on any atom is -0.338 e. The third-order valence-corrected chi connectivity index (χ3v) is 3.80. The number of piperazine rings is 1. The standard InChI is InChI=1S/C16H22F2N4O2/c1-20(11-14(17)18)12-15(23)21-7-9-22(10-8-21)16(24)19-13-5-3-2-4-6-13/h2-6,14H,7-12H2,1H3,(H,19,24). The van der Waals surface area contributed by atoms with Gasteiger partial charge in [-0.3, -0.25) is 9.69 Å². The Bertz CT molecular complexity index is 548. The van der Waals surface area contributed by atoms with Gasteiger partial charge >= 0.3 is 6.03 Å². The van der Waals surface area contributed by atoms with Gasteiger partial charge in [0.15, 0.2) is 0 Å². The molecule has 1 aromatic carbocycles. The number of likely N-dealkylation sites (N-methyl/N-ethyl adjacent to an activating group) is 1.